The molecule has 0 bridgehead atoms. The van der Waals surface area contributed by atoms with Gasteiger partial charge in [0.05, 0.1) is 0 Å². The highest BCUT2D eigenvalue weighted by atomic mass is 15.3. The first-order valence-corrected chi connectivity index (χ1v) is 6.02. The van der Waals surface area contributed by atoms with Crippen LogP contribution in [0.3, 0.4) is 0 Å². The van der Waals surface area contributed by atoms with E-state index in [0.29, 0.717) is 0 Å². The summed E-state index contributed by atoms with van der Waals surface area (Å²) in [6, 6.07) is 0. The fourth-order valence-electron chi connectivity index (χ4n) is 3.42. The SMILES string of the molecule is CC(C)C1CC2C(c3ncnn3C)[C@@H]2C1. The highest BCUT2D eigenvalue weighted by Gasteiger charge is 2.58. The quantitative estimate of drug-likeness (QED) is 0.741. The maximum absolute atomic E-state index is 4.38. The summed E-state index contributed by atoms with van der Waals surface area (Å²) >= 11 is 0. The van der Waals surface area contributed by atoms with Crippen LogP contribution < -0.4 is 0 Å². The fraction of sp³-hybridized carbons (Fsp3) is 0.833. The van der Waals surface area contributed by atoms with Gasteiger partial charge < -0.3 is 0 Å². The summed E-state index contributed by atoms with van der Waals surface area (Å²) in [4.78, 5) is 4.38. The van der Waals surface area contributed by atoms with Crippen LogP contribution in [0.1, 0.15) is 38.4 Å². The van der Waals surface area contributed by atoms with Gasteiger partial charge in [0.25, 0.3) is 0 Å². The van der Waals surface area contributed by atoms with Crippen LogP contribution in [-0.2, 0) is 7.05 Å². The predicted octanol–water partition coefficient (Wildman–Crippen LogP) is 2.21. The summed E-state index contributed by atoms with van der Waals surface area (Å²) in [5.41, 5.74) is 0. The Bertz CT molecular complexity index is 357. The molecule has 2 saturated carbocycles. The van der Waals surface area contributed by atoms with Gasteiger partial charge in [-0.15, -0.1) is 0 Å². The lowest BCUT2D eigenvalue weighted by Gasteiger charge is -2.17. The molecule has 0 amide bonds. The third kappa shape index (κ3) is 1.32. The third-order valence-corrected chi connectivity index (χ3v) is 4.47. The summed E-state index contributed by atoms with van der Waals surface area (Å²) in [7, 11) is 2.01. The van der Waals surface area contributed by atoms with Crippen LogP contribution in [0.2, 0.25) is 0 Å². The van der Waals surface area contributed by atoms with Crippen molar-refractivity contribution in [3.8, 4) is 0 Å². The number of aryl methyl sites for hydroxylation is 1. The van der Waals surface area contributed by atoms with Crippen molar-refractivity contribution in [1.29, 1.82) is 0 Å². The summed E-state index contributed by atoms with van der Waals surface area (Å²) in [5.74, 6) is 5.60. The molecule has 3 unspecified atom stereocenters. The predicted molar refractivity (Wildman–Crippen MR) is 58.3 cm³/mol. The first-order chi connectivity index (χ1) is 7.18. The van der Waals surface area contributed by atoms with E-state index in [1.807, 2.05) is 11.7 Å². The van der Waals surface area contributed by atoms with E-state index in [4.69, 9.17) is 0 Å². The minimum Gasteiger partial charge on any atom is -0.253 e. The molecule has 2 aliphatic carbocycles. The van der Waals surface area contributed by atoms with Gasteiger partial charge in [-0.05, 0) is 36.5 Å². The number of hydrogen-bond acceptors (Lipinski definition) is 2. The smallest absolute Gasteiger partial charge is 0.138 e. The lowest BCUT2D eigenvalue weighted by atomic mass is 9.89. The van der Waals surface area contributed by atoms with E-state index >= 15 is 0 Å². The van der Waals surface area contributed by atoms with Crippen LogP contribution in [0.4, 0.5) is 0 Å². The highest BCUT2D eigenvalue weighted by molar-refractivity contribution is 5.18. The van der Waals surface area contributed by atoms with Gasteiger partial charge in [-0.1, -0.05) is 13.8 Å². The minimum absolute atomic E-state index is 0.729. The van der Waals surface area contributed by atoms with E-state index in [1.165, 1.54) is 18.7 Å². The first-order valence-electron chi connectivity index (χ1n) is 6.02. The highest BCUT2D eigenvalue weighted by Crippen LogP contribution is 2.65. The Morgan fingerprint density at radius 1 is 1.33 bits per heavy atom. The average Bonchev–Trinajstić information content (AvgIpc) is 2.63. The van der Waals surface area contributed by atoms with Gasteiger partial charge in [-0.25, -0.2) is 4.98 Å². The van der Waals surface area contributed by atoms with Crippen LogP contribution >= 0.6 is 0 Å². The summed E-state index contributed by atoms with van der Waals surface area (Å²) in [5, 5.41) is 4.16. The molecule has 3 nitrogen and oxygen atoms in total. The number of aromatic nitrogens is 3. The van der Waals surface area contributed by atoms with Crippen LogP contribution in [-0.4, -0.2) is 14.8 Å². The monoisotopic (exact) mass is 205 g/mol. The second-order valence-electron chi connectivity index (χ2n) is 5.57. The molecule has 0 N–H and O–H groups in total. The fourth-order valence-corrected chi connectivity index (χ4v) is 3.42. The Balaban J connectivity index is 1.71. The molecule has 1 aromatic heterocycles. The molecule has 0 spiro atoms. The van der Waals surface area contributed by atoms with Gasteiger partial charge in [0.1, 0.15) is 12.2 Å². The van der Waals surface area contributed by atoms with E-state index in [1.54, 1.807) is 6.33 Å². The number of rotatable bonds is 2. The van der Waals surface area contributed by atoms with Crippen molar-refractivity contribution in [2.45, 2.75) is 32.6 Å². The maximum atomic E-state index is 4.38. The molecule has 0 aromatic carbocycles. The molecule has 1 heterocycles. The van der Waals surface area contributed by atoms with Gasteiger partial charge in [0.2, 0.25) is 0 Å². The number of fused-ring (bicyclic) bond motifs is 1. The van der Waals surface area contributed by atoms with Crippen molar-refractivity contribution in [2.75, 3.05) is 0 Å². The molecule has 3 heteroatoms. The van der Waals surface area contributed by atoms with Crippen molar-refractivity contribution < 1.29 is 0 Å². The third-order valence-electron chi connectivity index (χ3n) is 4.47. The summed E-state index contributed by atoms with van der Waals surface area (Å²) < 4.78 is 1.95. The van der Waals surface area contributed by atoms with Crippen LogP contribution in [0.25, 0.3) is 0 Å². The molecule has 4 atom stereocenters. The molecule has 0 radical (unpaired) electrons. The second-order valence-corrected chi connectivity index (χ2v) is 5.57. The van der Waals surface area contributed by atoms with Crippen LogP contribution in [0.5, 0.6) is 0 Å². The number of nitrogens with zero attached hydrogens (tertiary/aromatic N) is 3. The Morgan fingerprint density at radius 3 is 2.47 bits per heavy atom. The Labute approximate surface area is 90.9 Å². The zero-order chi connectivity index (χ0) is 10.6. The molecule has 1 aromatic rings. The van der Waals surface area contributed by atoms with E-state index in [-0.39, 0.29) is 0 Å². The van der Waals surface area contributed by atoms with Crippen molar-refractivity contribution in [1.82, 2.24) is 14.8 Å². The molecule has 0 aliphatic heterocycles. The second kappa shape index (κ2) is 3.06. The van der Waals surface area contributed by atoms with Crippen molar-refractivity contribution in [3.63, 3.8) is 0 Å². The van der Waals surface area contributed by atoms with Gasteiger partial charge >= 0.3 is 0 Å². The molecule has 0 saturated heterocycles. The molecule has 15 heavy (non-hydrogen) atoms. The molecule has 82 valence electrons. The zero-order valence-electron chi connectivity index (χ0n) is 9.72. The number of hydrogen-bond donors (Lipinski definition) is 0. The van der Waals surface area contributed by atoms with Gasteiger partial charge in [-0.3, -0.25) is 4.68 Å². The average molecular weight is 205 g/mol. The van der Waals surface area contributed by atoms with E-state index < -0.39 is 0 Å². The Hall–Kier alpha value is -0.860. The van der Waals surface area contributed by atoms with E-state index in [2.05, 4.69) is 23.9 Å². The molecular formula is C12H19N3. The summed E-state index contributed by atoms with van der Waals surface area (Å²) in [6.45, 7) is 4.71. The molecule has 3 rings (SSSR count). The Morgan fingerprint density at radius 2 is 2.00 bits per heavy atom. The van der Waals surface area contributed by atoms with Crippen molar-refractivity contribution in [3.05, 3.63) is 12.2 Å². The Kier molecular flexibility index (Phi) is 1.91. The topological polar surface area (TPSA) is 30.7 Å². The summed E-state index contributed by atoms with van der Waals surface area (Å²) in [6.07, 6.45) is 4.52. The molecule has 2 fully saturated rings. The normalized spacial score (nSPS) is 38.4. The first kappa shape index (κ1) is 9.37. The van der Waals surface area contributed by atoms with Gasteiger partial charge in [-0.2, -0.15) is 5.10 Å². The van der Waals surface area contributed by atoms with Gasteiger partial charge in [0.15, 0.2) is 0 Å². The molecular weight excluding hydrogens is 186 g/mol. The van der Waals surface area contributed by atoms with Crippen LogP contribution in [0.15, 0.2) is 6.33 Å². The lowest BCUT2D eigenvalue weighted by Crippen LogP contribution is -2.09. The lowest BCUT2D eigenvalue weighted by molar-refractivity contribution is 0.350. The molecule has 2 aliphatic rings. The van der Waals surface area contributed by atoms with E-state index in [9.17, 15) is 0 Å². The zero-order valence-corrected chi connectivity index (χ0v) is 9.72. The standard InChI is InChI=1S/C12H19N3/c1-7(2)8-4-9-10(5-8)11(9)12-13-6-14-15(12)3/h6-11H,4-5H2,1-3H3/t8?,9-,10?,11?/m1/s1. The largest absolute Gasteiger partial charge is 0.253 e. The maximum Gasteiger partial charge on any atom is 0.138 e. The van der Waals surface area contributed by atoms with E-state index in [0.717, 1.165) is 29.6 Å². The van der Waals surface area contributed by atoms with Crippen molar-refractivity contribution in [2.24, 2.45) is 30.7 Å². The van der Waals surface area contributed by atoms with Crippen LogP contribution in [0, 0.1) is 23.7 Å². The minimum atomic E-state index is 0.729. The van der Waals surface area contributed by atoms with Gasteiger partial charge in [0, 0.05) is 13.0 Å². The van der Waals surface area contributed by atoms with Crippen molar-refractivity contribution >= 4 is 0 Å².